The zero-order valence-electron chi connectivity index (χ0n) is 15.9. The number of ether oxygens (including phenoxy) is 1. The predicted molar refractivity (Wildman–Crippen MR) is 103 cm³/mol. The van der Waals surface area contributed by atoms with Crippen LogP contribution >= 0.6 is 0 Å². The lowest BCUT2D eigenvalue weighted by atomic mass is 9.51. The van der Waals surface area contributed by atoms with Gasteiger partial charge in [-0.05, 0) is 79.9 Å². The first-order valence-electron chi connectivity index (χ1n) is 10.1. The van der Waals surface area contributed by atoms with E-state index in [1.807, 2.05) is 18.2 Å². The molecule has 3 aliphatic rings. The third kappa shape index (κ3) is 3.99. The molecule has 0 unspecified atom stereocenters. The number of allylic oxidation sites excluding steroid dienone is 1. The zero-order chi connectivity index (χ0) is 17.8. The molecule has 25 heavy (non-hydrogen) atoms. The van der Waals surface area contributed by atoms with Gasteiger partial charge in [-0.2, -0.15) is 0 Å². The Hall–Kier alpha value is -1.57. The lowest BCUT2D eigenvalue weighted by Gasteiger charge is -2.54. The van der Waals surface area contributed by atoms with E-state index in [0.29, 0.717) is 16.6 Å². The van der Waals surface area contributed by atoms with Crippen LogP contribution < -0.4 is 4.74 Å². The summed E-state index contributed by atoms with van der Waals surface area (Å²) in [4.78, 5) is 11.8. The maximum atomic E-state index is 11.8. The molecule has 2 bridgehead atoms. The molecule has 0 amide bonds. The van der Waals surface area contributed by atoms with Gasteiger partial charge in [0, 0.05) is 6.08 Å². The average molecular weight is 341 g/mol. The van der Waals surface area contributed by atoms with Crippen LogP contribution in [0.1, 0.15) is 83.6 Å². The molecular weight excluding hydrogens is 308 g/mol. The van der Waals surface area contributed by atoms with Crippen LogP contribution in [0.3, 0.4) is 0 Å². The second-order valence-electron chi connectivity index (χ2n) is 8.17. The molecule has 0 spiro atoms. The minimum Gasteiger partial charge on any atom is -0.423 e. The molecule has 3 fully saturated rings. The number of benzene rings is 1. The molecule has 0 aliphatic heterocycles. The van der Waals surface area contributed by atoms with Gasteiger partial charge in [0.15, 0.2) is 0 Å². The van der Waals surface area contributed by atoms with Crippen molar-refractivity contribution >= 4 is 5.97 Å². The fraction of sp³-hybridized carbons (Fsp3) is 0.609. The summed E-state index contributed by atoms with van der Waals surface area (Å²) in [6.45, 7) is 4.42. The van der Waals surface area contributed by atoms with Gasteiger partial charge in [-0.15, -0.1) is 0 Å². The Morgan fingerprint density at radius 1 is 1.00 bits per heavy atom. The summed E-state index contributed by atoms with van der Waals surface area (Å²) in [7, 11) is 0. The van der Waals surface area contributed by atoms with E-state index in [9.17, 15) is 4.79 Å². The highest BCUT2D eigenvalue weighted by Crippen LogP contribution is 2.59. The van der Waals surface area contributed by atoms with Gasteiger partial charge in [0.1, 0.15) is 5.75 Å². The van der Waals surface area contributed by atoms with Crippen LogP contribution in [0, 0.1) is 5.41 Å². The normalized spacial score (nSPS) is 28.4. The van der Waals surface area contributed by atoms with Gasteiger partial charge in [-0.1, -0.05) is 44.9 Å². The van der Waals surface area contributed by atoms with Crippen molar-refractivity contribution in [3.05, 3.63) is 42.0 Å². The molecule has 2 nitrogen and oxygen atoms in total. The van der Waals surface area contributed by atoms with Crippen molar-refractivity contribution in [1.82, 2.24) is 0 Å². The number of hydrogen-bond donors (Lipinski definition) is 0. The van der Waals surface area contributed by atoms with Crippen molar-refractivity contribution in [3.63, 3.8) is 0 Å². The molecule has 0 aromatic heterocycles. The average Bonchev–Trinajstić information content (AvgIpc) is 2.64. The topological polar surface area (TPSA) is 26.3 Å². The van der Waals surface area contributed by atoms with E-state index >= 15 is 0 Å². The highest BCUT2D eigenvalue weighted by atomic mass is 16.5. The second kappa shape index (κ2) is 7.76. The smallest absolute Gasteiger partial charge is 0.335 e. The minimum absolute atomic E-state index is 0.279. The Balaban J connectivity index is 1.63. The van der Waals surface area contributed by atoms with Gasteiger partial charge in [0.2, 0.25) is 0 Å². The summed E-state index contributed by atoms with van der Waals surface area (Å²) in [5, 5.41) is 0. The summed E-state index contributed by atoms with van der Waals surface area (Å²) in [6, 6.07) is 8.32. The summed E-state index contributed by atoms with van der Waals surface area (Å²) in [6.07, 6.45) is 16.2. The van der Waals surface area contributed by atoms with E-state index in [0.717, 1.165) is 12.8 Å². The first kappa shape index (κ1) is 18.2. The quantitative estimate of drug-likeness (QED) is 0.329. The minimum atomic E-state index is -0.279. The molecule has 0 saturated heterocycles. The highest BCUT2D eigenvalue weighted by molar-refractivity contribution is 5.83. The lowest BCUT2D eigenvalue weighted by molar-refractivity contribution is -0.129. The number of unbranched alkanes of at least 4 members (excludes halogenated alkanes) is 1. The maximum absolute atomic E-state index is 11.8. The molecular formula is C23H32O2. The number of carbonyl (C=O) groups excluding carboxylic acids is 1. The Morgan fingerprint density at radius 3 is 2.20 bits per heavy atom. The van der Waals surface area contributed by atoms with Gasteiger partial charge in [-0.25, -0.2) is 4.79 Å². The fourth-order valence-corrected chi connectivity index (χ4v) is 4.97. The van der Waals surface area contributed by atoms with E-state index < -0.39 is 0 Å². The Labute approximate surface area is 152 Å². The highest BCUT2D eigenvalue weighted by Gasteiger charge is 2.48. The molecule has 1 aromatic rings. The predicted octanol–water partition coefficient (Wildman–Crippen LogP) is 6.34. The van der Waals surface area contributed by atoms with Crippen LogP contribution in [0.15, 0.2) is 36.4 Å². The van der Waals surface area contributed by atoms with Gasteiger partial charge in [-0.3, -0.25) is 0 Å². The number of fused-ring (bicyclic) bond motifs is 3. The summed E-state index contributed by atoms with van der Waals surface area (Å²) >= 11 is 0. The molecule has 1 aromatic carbocycles. The summed E-state index contributed by atoms with van der Waals surface area (Å²) < 4.78 is 5.40. The molecule has 136 valence electrons. The molecule has 0 radical (unpaired) electrons. The van der Waals surface area contributed by atoms with Crippen molar-refractivity contribution in [2.75, 3.05) is 0 Å². The lowest BCUT2D eigenvalue weighted by Crippen LogP contribution is -2.44. The van der Waals surface area contributed by atoms with E-state index in [2.05, 4.69) is 26.0 Å². The van der Waals surface area contributed by atoms with E-state index in [1.165, 1.54) is 63.0 Å². The molecule has 0 atom stereocenters. The zero-order valence-corrected chi connectivity index (χ0v) is 15.9. The van der Waals surface area contributed by atoms with Crippen molar-refractivity contribution in [1.29, 1.82) is 0 Å². The van der Waals surface area contributed by atoms with Crippen LogP contribution in [0.5, 0.6) is 5.75 Å². The molecule has 0 heterocycles. The van der Waals surface area contributed by atoms with Crippen LogP contribution in [0.25, 0.3) is 0 Å². The Morgan fingerprint density at radius 2 is 1.64 bits per heavy atom. The maximum Gasteiger partial charge on any atom is 0.335 e. The summed E-state index contributed by atoms with van der Waals surface area (Å²) in [5.74, 6) is 0.372. The Bertz CT molecular complexity index is 587. The van der Waals surface area contributed by atoms with Crippen molar-refractivity contribution in [2.45, 2.75) is 83.5 Å². The van der Waals surface area contributed by atoms with Gasteiger partial charge >= 0.3 is 5.97 Å². The Kier molecular flexibility index (Phi) is 5.66. The first-order valence-corrected chi connectivity index (χ1v) is 10.1. The van der Waals surface area contributed by atoms with Crippen LogP contribution in [0.2, 0.25) is 0 Å². The fourth-order valence-electron chi connectivity index (χ4n) is 4.97. The second-order valence-corrected chi connectivity index (χ2v) is 8.17. The number of hydrogen-bond acceptors (Lipinski definition) is 2. The number of carbonyl (C=O) groups is 1. The number of rotatable bonds is 7. The number of esters is 1. The van der Waals surface area contributed by atoms with E-state index in [1.54, 1.807) is 0 Å². The standard InChI is InChI=1S/C23H32O2/c1-3-5-6-7-21(24)25-20-10-8-19(9-11-20)23-16-13-22(12-4-2,14-17-23)15-18-23/h6-11H,3-5,12-18H2,1-2H3. The van der Waals surface area contributed by atoms with Crippen molar-refractivity contribution in [2.24, 2.45) is 5.41 Å². The monoisotopic (exact) mass is 340 g/mol. The molecule has 3 saturated carbocycles. The van der Waals surface area contributed by atoms with Gasteiger partial charge < -0.3 is 4.74 Å². The van der Waals surface area contributed by atoms with Crippen LogP contribution in [-0.4, -0.2) is 5.97 Å². The third-order valence-electron chi connectivity index (χ3n) is 6.58. The van der Waals surface area contributed by atoms with Gasteiger partial charge in [0.25, 0.3) is 0 Å². The van der Waals surface area contributed by atoms with E-state index in [4.69, 9.17) is 4.74 Å². The van der Waals surface area contributed by atoms with Crippen molar-refractivity contribution < 1.29 is 9.53 Å². The molecule has 3 aliphatic carbocycles. The SMILES string of the molecule is CCCC=CC(=O)Oc1ccc(C23CCC(CCC)(CC2)CC3)cc1. The van der Waals surface area contributed by atoms with Gasteiger partial charge in [0.05, 0.1) is 0 Å². The summed E-state index contributed by atoms with van der Waals surface area (Å²) in [5.41, 5.74) is 2.47. The molecule has 2 heteroatoms. The van der Waals surface area contributed by atoms with Crippen LogP contribution in [0.4, 0.5) is 0 Å². The first-order chi connectivity index (χ1) is 12.1. The third-order valence-corrected chi connectivity index (χ3v) is 6.58. The van der Waals surface area contributed by atoms with E-state index in [-0.39, 0.29) is 5.97 Å². The van der Waals surface area contributed by atoms with Crippen molar-refractivity contribution in [3.8, 4) is 5.75 Å². The largest absolute Gasteiger partial charge is 0.423 e. The molecule has 0 N–H and O–H groups in total. The molecule has 4 rings (SSSR count). The van der Waals surface area contributed by atoms with Crippen LogP contribution in [-0.2, 0) is 10.2 Å².